The van der Waals surface area contributed by atoms with Gasteiger partial charge in [-0.3, -0.25) is 9.78 Å². The number of nitrogens with two attached hydrogens (primary N) is 1. The van der Waals surface area contributed by atoms with Crippen molar-refractivity contribution >= 4 is 22.2 Å². The summed E-state index contributed by atoms with van der Waals surface area (Å²) < 4.78 is 0. The van der Waals surface area contributed by atoms with Crippen LogP contribution in [0, 0.1) is 0 Å². The van der Waals surface area contributed by atoms with Crippen LogP contribution in [0.25, 0.3) is 0 Å². The van der Waals surface area contributed by atoms with Crippen molar-refractivity contribution in [2.24, 2.45) is 5.73 Å². The summed E-state index contributed by atoms with van der Waals surface area (Å²) in [7, 11) is 1.92. The zero-order valence-corrected chi connectivity index (χ0v) is 14.2. The molecule has 0 saturated heterocycles. The third-order valence-corrected chi connectivity index (χ3v) is 5.60. The first-order valence-corrected chi connectivity index (χ1v) is 8.72. The summed E-state index contributed by atoms with van der Waals surface area (Å²) in [6.45, 7) is 2.05. The number of nitrogens with one attached hydrogen (secondary N) is 1. The second-order valence-corrected chi connectivity index (χ2v) is 6.79. The Bertz CT molecular complexity index is 683. The zero-order valence-electron chi connectivity index (χ0n) is 13.3. The minimum Gasteiger partial charge on any atom is -0.380 e. The quantitative estimate of drug-likeness (QED) is 0.881. The van der Waals surface area contributed by atoms with Crippen LogP contribution in [0.3, 0.4) is 0 Å². The highest BCUT2D eigenvalue weighted by Gasteiger charge is 2.25. The Morgan fingerprint density at radius 1 is 1.43 bits per heavy atom. The number of carbonyl (C=O) groups excluding carboxylic acids is 1. The molecule has 3 rings (SSSR count). The van der Waals surface area contributed by atoms with Crippen LogP contribution >= 0.6 is 11.3 Å². The van der Waals surface area contributed by atoms with E-state index in [9.17, 15) is 4.79 Å². The number of anilines is 1. The van der Waals surface area contributed by atoms with Crippen molar-refractivity contribution in [3.63, 3.8) is 0 Å². The number of carbonyl (C=O) groups is 1. The predicted molar refractivity (Wildman–Crippen MR) is 93.4 cm³/mol. The number of amides is 1. The fraction of sp³-hybridized carbons (Fsp3) is 0.412. The van der Waals surface area contributed by atoms with Crippen LogP contribution in [0.15, 0.2) is 24.5 Å². The SMILES string of the molecule is CNc1sc2c(c1CN)CCN(C(=O)CCc1ccncc1)C2. The third kappa shape index (κ3) is 3.38. The number of hydrogen-bond acceptors (Lipinski definition) is 5. The fourth-order valence-electron chi connectivity index (χ4n) is 3.06. The average Bonchev–Trinajstić information content (AvgIpc) is 2.97. The van der Waals surface area contributed by atoms with Gasteiger partial charge in [-0.1, -0.05) is 0 Å². The molecule has 1 aliphatic rings. The van der Waals surface area contributed by atoms with E-state index in [1.54, 1.807) is 23.7 Å². The summed E-state index contributed by atoms with van der Waals surface area (Å²) in [5.74, 6) is 0.223. The van der Waals surface area contributed by atoms with Gasteiger partial charge in [0.25, 0.3) is 0 Å². The normalized spacial score (nSPS) is 13.7. The Balaban J connectivity index is 1.65. The standard InChI is InChI=1S/C17H22N4OS/c1-19-17-14(10-18)13-6-9-21(11-15(13)23-17)16(22)3-2-12-4-7-20-8-5-12/h4-5,7-8,19H,2-3,6,9-11,18H2,1H3. The summed E-state index contributed by atoms with van der Waals surface area (Å²) >= 11 is 1.73. The number of fused-ring (bicyclic) bond motifs is 1. The molecule has 3 heterocycles. The monoisotopic (exact) mass is 330 g/mol. The first-order chi connectivity index (χ1) is 11.2. The number of thiophene rings is 1. The highest BCUT2D eigenvalue weighted by molar-refractivity contribution is 7.16. The van der Waals surface area contributed by atoms with E-state index in [0.29, 0.717) is 19.5 Å². The van der Waals surface area contributed by atoms with Crippen molar-refractivity contribution in [2.45, 2.75) is 32.4 Å². The summed E-state index contributed by atoms with van der Waals surface area (Å²) in [6.07, 6.45) is 5.76. The molecule has 0 saturated carbocycles. The van der Waals surface area contributed by atoms with Crippen LogP contribution in [0.4, 0.5) is 5.00 Å². The maximum Gasteiger partial charge on any atom is 0.223 e. The van der Waals surface area contributed by atoms with Crippen molar-refractivity contribution < 1.29 is 4.79 Å². The number of aryl methyl sites for hydroxylation is 1. The molecule has 2 aromatic rings. The van der Waals surface area contributed by atoms with E-state index in [4.69, 9.17) is 5.73 Å². The molecule has 122 valence electrons. The van der Waals surface area contributed by atoms with Crippen LogP contribution in [0.1, 0.15) is 28.0 Å². The number of aromatic nitrogens is 1. The van der Waals surface area contributed by atoms with Crippen LogP contribution < -0.4 is 11.1 Å². The van der Waals surface area contributed by atoms with Gasteiger partial charge in [0.2, 0.25) is 5.91 Å². The van der Waals surface area contributed by atoms with Gasteiger partial charge in [0, 0.05) is 49.4 Å². The van der Waals surface area contributed by atoms with Crippen molar-refractivity contribution in [2.75, 3.05) is 18.9 Å². The maximum atomic E-state index is 12.5. The Morgan fingerprint density at radius 3 is 2.91 bits per heavy atom. The lowest BCUT2D eigenvalue weighted by atomic mass is 10.0. The van der Waals surface area contributed by atoms with Gasteiger partial charge in [-0.25, -0.2) is 0 Å². The molecule has 0 bridgehead atoms. The molecule has 0 aliphatic carbocycles. The molecule has 23 heavy (non-hydrogen) atoms. The van der Waals surface area contributed by atoms with Crippen LogP contribution in [-0.4, -0.2) is 29.4 Å². The summed E-state index contributed by atoms with van der Waals surface area (Å²) in [5, 5.41) is 4.37. The second kappa shape index (κ2) is 7.10. The Kier molecular flexibility index (Phi) is 4.93. The molecule has 3 N–H and O–H groups in total. The van der Waals surface area contributed by atoms with Gasteiger partial charge in [0.1, 0.15) is 0 Å². The van der Waals surface area contributed by atoms with Gasteiger partial charge >= 0.3 is 0 Å². The molecular formula is C17H22N4OS. The number of hydrogen-bond donors (Lipinski definition) is 2. The molecule has 0 radical (unpaired) electrons. The zero-order chi connectivity index (χ0) is 16.2. The average molecular weight is 330 g/mol. The summed E-state index contributed by atoms with van der Waals surface area (Å²) in [4.78, 5) is 19.7. The molecule has 0 fully saturated rings. The molecule has 2 aromatic heterocycles. The fourth-order valence-corrected chi connectivity index (χ4v) is 4.31. The highest BCUT2D eigenvalue weighted by atomic mass is 32.1. The van der Waals surface area contributed by atoms with Crippen LogP contribution in [-0.2, 0) is 30.7 Å². The minimum atomic E-state index is 0.223. The van der Waals surface area contributed by atoms with Crippen molar-refractivity contribution in [3.05, 3.63) is 46.1 Å². The van der Waals surface area contributed by atoms with Gasteiger partial charge in [-0.05, 0) is 36.1 Å². The van der Waals surface area contributed by atoms with Gasteiger partial charge in [0.05, 0.1) is 11.5 Å². The van der Waals surface area contributed by atoms with E-state index < -0.39 is 0 Å². The number of pyridine rings is 1. The van der Waals surface area contributed by atoms with Crippen LogP contribution in [0.5, 0.6) is 0 Å². The Hall–Kier alpha value is -1.92. The van der Waals surface area contributed by atoms with E-state index in [1.807, 2.05) is 24.1 Å². The van der Waals surface area contributed by atoms with Crippen molar-refractivity contribution in [1.29, 1.82) is 0 Å². The van der Waals surface area contributed by atoms with E-state index in [1.165, 1.54) is 16.0 Å². The largest absolute Gasteiger partial charge is 0.380 e. The molecular weight excluding hydrogens is 308 g/mol. The minimum absolute atomic E-state index is 0.223. The number of rotatable bonds is 5. The van der Waals surface area contributed by atoms with Crippen molar-refractivity contribution in [3.8, 4) is 0 Å². The Morgan fingerprint density at radius 2 is 2.22 bits per heavy atom. The molecule has 1 aliphatic heterocycles. The van der Waals surface area contributed by atoms with Crippen molar-refractivity contribution in [1.82, 2.24) is 9.88 Å². The molecule has 5 nitrogen and oxygen atoms in total. The molecule has 0 unspecified atom stereocenters. The lowest BCUT2D eigenvalue weighted by Gasteiger charge is -2.27. The number of nitrogens with zero attached hydrogens (tertiary/aromatic N) is 2. The second-order valence-electron chi connectivity index (χ2n) is 5.69. The maximum absolute atomic E-state index is 12.5. The lowest BCUT2D eigenvalue weighted by molar-refractivity contribution is -0.132. The van der Waals surface area contributed by atoms with Crippen LogP contribution in [0.2, 0.25) is 0 Å². The predicted octanol–water partition coefficient (Wildman–Crippen LogP) is 2.16. The third-order valence-electron chi connectivity index (χ3n) is 4.33. The molecule has 0 atom stereocenters. The first-order valence-electron chi connectivity index (χ1n) is 7.90. The summed E-state index contributed by atoms with van der Waals surface area (Å²) in [6, 6.07) is 3.93. The van der Waals surface area contributed by atoms with E-state index in [2.05, 4.69) is 10.3 Å². The molecule has 6 heteroatoms. The smallest absolute Gasteiger partial charge is 0.223 e. The highest BCUT2D eigenvalue weighted by Crippen LogP contribution is 2.36. The van der Waals surface area contributed by atoms with E-state index in [0.717, 1.165) is 30.0 Å². The van der Waals surface area contributed by atoms with Gasteiger partial charge < -0.3 is 16.0 Å². The molecule has 0 spiro atoms. The Labute approximate surface area is 140 Å². The molecule has 0 aromatic carbocycles. The van der Waals surface area contributed by atoms with Gasteiger partial charge in [-0.15, -0.1) is 11.3 Å². The summed E-state index contributed by atoms with van der Waals surface area (Å²) in [5.41, 5.74) is 9.61. The van der Waals surface area contributed by atoms with E-state index >= 15 is 0 Å². The topological polar surface area (TPSA) is 71.2 Å². The lowest BCUT2D eigenvalue weighted by Crippen LogP contribution is -2.35. The van der Waals surface area contributed by atoms with E-state index in [-0.39, 0.29) is 5.91 Å². The first kappa shape index (κ1) is 16.0. The molecule has 1 amide bonds. The van der Waals surface area contributed by atoms with Gasteiger partial charge in [-0.2, -0.15) is 0 Å². The van der Waals surface area contributed by atoms with Gasteiger partial charge in [0.15, 0.2) is 0 Å².